The van der Waals surface area contributed by atoms with Gasteiger partial charge in [0.1, 0.15) is 0 Å². The van der Waals surface area contributed by atoms with Crippen LogP contribution in [0.4, 0.5) is 5.69 Å². The highest BCUT2D eigenvalue weighted by Gasteiger charge is 2.21. The molecule has 0 spiro atoms. The van der Waals surface area contributed by atoms with Crippen LogP contribution in [0.3, 0.4) is 0 Å². The van der Waals surface area contributed by atoms with Crippen LogP contribution < -0.4 is 9.62 Å². The molecular weight excluding hydrogens is 500 g/mol. The van der Waals surface area contributed by atoms with Crippen molar-refractivity contribution >= 4 is 32.5 Å². The van der Waals surface area contributed by atoms with Crippen LogP contribution in [-0.2, 0) is 23.1 Å². The summed E-state index contributed by atoms with van der Waals surface area (Å²) in [6.07, 6.45) is 3.29. The number of fused-ring (bicyclic) bond motifs is 1. The number of nitrogens with one attached hydrogen (secondary N) is 1. The van der Waals surface area contributed by atoms with E-state index in [2.05, 4.69) is 20.4 Å². The van der Waals surface area contributed by atoms with Crippen molar-refractivity contribution in [3.63, 3.8) is 0 Å². The first kappa shape index (κ1) is 25.1. The number of sulfonamides is 1. The Morgan fingerprint density at radius 3 is 2.34 bits per heavy atom. The third kappa shape index (κ3) is 5.12. The van der Waals surface area contributed by atoms with E-state index in [1.807, 2.05) is 37.3 Å². The van der Waals surface area contributed by atoms with Gasteiger partial charge in [0.05, 0.1) is 46.8 Å². The minimum atomic E-state index is -3.71. The SMILES string of the molecule is Cc1cnc(CNC(=O)c2nn(Cc3ccc(S(=O)(=O)N(C)c4ccccc4)cc3)c3ccccc23)cn1. The molecule has 1 N–H and O–H groups in total. The Kier molecular flexibility index (Phi) is 6.89. The summed E-state index contributed by atoms with van der Waals surface area (Å²) in [5.74, 6) is -0.312. The Hall–Kier alpha value is -4.57. The van der Waals surface area contributed by atoms with Crippen LogP contribution in [-0.4, -0.2) is 41.1 Å². The first-order chi connectivity index (χ1) is 18.3. The molecule has 38 heavy (non-hydrogen) atoms. The number of nitrogens with zero attached hydrogens (tertiary/aromatic N) is 5. The summed E-state index contributed by atoms with van der Waals surface area (Å²) in [5, 5.41) is 8.18. The molecule has 0 aliphatic carbocycles. The minimum absolute atomic E-state index is 0.192. The lowest BCUT2D eigenvalue weighted by Crippen LogP contribution is -2.26. The summed E-state index contributed by atoms with van der Waals surface area (Å²) < 4.78 is 29.2. The lowest BCUT2D eigenvalue weighted by Gasteiger charge is -2.19. The Morgan fingerprint density at radius 1 is 0.921 bits per heavy atom. The molecule has 9 nitrogen and oxygen atoms in total. The van der Waals surface area contributed by atoms with Crippen LogP contribution in [0.1, 0.15) is 27.4 Å². The zero-order valence-electron chi connectivity index (χ0n) is 20.9. The van der Waals surface area contributed by atoms with Crippen molar-refractivity contribution < 1.29 is 13.2 Å². The van der Waals surface area contributed by atoms with E-state index in [0.29, 0.717) is 23.6 Å². The summed E-state index contributed by atoms with van der Waals surface area (Å²) in [4.78, 5) is 21.7. The number of benzene rings is 3. The maximum Gasteiger partial charge on any atom is 0.272 e. The van der Waals surface area contributed by atoms with E-state index in [4.69, 9.17) is 0 Å². The molecule has 192 valence electrons. The van der Waals surface area contributed by atoms with E-state index in [1.54, 1.807) is 65.6 Å². The second-order valence-corrected chi connectivity index (χ2v) is 10.8. The van der Waals surface area contributed by atoms with E-state index < -0.39 is 10.0 Å². The topological polar surface area (TPSA) is 110 Å². The normalized spacial score (nSPS) is 11.4. The van der Waals surface area contributed by atoms with Crippen molar-refractivity contribution in [1.82, 2.24) is 25.1 Å². The van der Waals surface area contributed by atoms with Crippen LogP contribution in [0.2, 0.25) is 0 Å². The van der Waals surface area contributed by atoms with Gasteiger partial charge in [-0.25, -0.2) is 8.42 Å². The molecule has 5 aromatic rings. The number of anilines is 1. The van der Waals surface area contributed by atoms with Crippen molar-refractivity contribution in [2.75, 3.05) is 11.4 Å². The highest BCUT2D eigenvalue weighted by Crippen LogP contribution is 2.23. The van der Waals surface area contributed by atoms with E-state index in [1.165, 1.54) is 11.4 Å². The molecule has 0 aliphatic rings. The number of rotatable bonds is 8. The number of para-hydroxylation sites is 2. The zero-order valence-corrected chi connectivity index (χ0v) is 21.8. The molecule has 0 saturated carbocycles. The third-order valence-corrected chi connectivity index (χ3v) is 7.97. The molecule has 0 unspecified atom stereocenters. The summed E-state index contributed by atoms with van der Waals surface area (Å²) in [6.45, 7) is 2.45. The molecule has 2 heterocycles. The zero-order chi connectivity index (χ0) is 26.7. The fourth-order valence-corrected chi connectivity index (χ4v) is 5.25. The van der Waals surface area contributed by atoms with E-state index in [0.717, 1.165) is 22.2 Å². The number of amides is 1. The fourth-order valence-electron chi connectivity index (χ4n) is 4.06. The lowest BCUT2D eigenvalue weighted by atomic mass is 10.2. The number of carbonyl (C=O) groups excluding carboxylic acids is 1. The van der Waals surface area contributed by atoms with Crippen LogP contribution in [0.25, 0.3) is 10.9 Å². The maximum absolute atomic E-state index is 13.1. The standard InChI is InChI=1S/C28H26N6O3S/c1-20-16-30-22(17-29-20)18-31-28(35)27-25-10-6-7-11-26(25)34(32-27)19-21-12-14-24(15-13-21)38(36,37)33(2)23-8-4-3-5-9-23/h3-17H,18-19H2,1-2H3,(H,31,35). The number of aryl methyl sites for hydroxylation is 1. The van der Waals surface area contributed by atoms with Crippen molar-refractivity contribution in [3.05, 3.63) is 114 Å². The largest absolute Gasteiger partial charge is 0.345 e. The molecule has 1 amide bonds. The van der Waals surface area contributed by atoms with Crippen LogP contribution in [0, 0.1) is 6.92 Å². The maximum atomic E-state index is 13.1. The fraction of sp³-hybridized carbons (Fsp3) is 0.143. The average Bonchev–Trinajstić information content (AvgIpc) is 3.31. The van der Waals surface area contributed by atoms with E-state index >= 15 is 0 Å². The van der Waals surface area contributed by atoms with Crippen LogP contribution in [0.5, 0.6) is 0 Å². The summed E-state index contributed by atoms with van der Waals surface area (Å²) in [7, 11) is -2.17. The van der Waals surface area contributed by atoms with Gasteiger partial charge in [0.25, 0.3) is 15.9 Å². The number of hydrogen-bond donors (Lipinski definition) is 1. The Labute approximate surface area is 220 Å². The molecule has 0 bridgehead atoms. The van der Waals surface area contributed by atoms with Gasteiger partial charge in [0.15, 0.2) is 5.69 Å². The third-order valence-electron chi connectivity index (χ3n) is 6.17. The molecule has 0 saturated heterocycles. The predicted molar refractivity (Wildman–Crippen MR) is 145 cm³/mol. The highest BCUT2D eigenvalue weighted by molar-refractivity contribution is 7.92. The van der Waals surface area contributed by atoms with Crippen molar-refractivity contribution in [2.45, 2.75) is 24.9 Å². The van der Waals surface area contributed by atoms with Gasteiger partial charge in [-0.05, 0) is 42.8 Å². The quantitative estimate of drug-likeness (QED) is 0.328. The Bertz CT molecular complexity index is 1680. The Morgan fingerprint density at radius 2 is 1.63 bits per heavy atom. The highest BCUT2D eigenvalue weighted by atomic mass is 32.2. The summed E-state index contributed by atoms with van der Waals surface area (Å²) in [6, 6.07) is 23.1. The lowest BCUT2D eigenvalue weighted by molar-refractivity contribution is 0.0946. The van der Waals surface area contributed by atoms with Gasteiger partial charge in [0, 0.05) is 18.6 Å². The van der Waals surface area contributed by atoms with Gasteiger partial charge < -0.3 is 5.32 Å². The molecule has 10 heteroatoms. The minimum Gasteiger partial charge on any atom is -0.345 e. The molecule has 0 radical (unpaired) electrons. The summed E-state index contributed by atoms with van der Waals surface area (Å²) in [5.41, 5.74) is 4.00. The molecular formula is C28H26N6O3S. The van der Waals surface area contributed by atoms with Crippen molar-refractivity contribution in [1.29, 1.82) is 0 Å². The first-order valence-corrected chi connectivity index (χ1v) is 13.4. The molecule has 5 rings (SSSR count). The molecule has 0 fully saturated rings. The van der Waals surface area contributed by atoms with Gasteiger partial charge in [-0.15, -0.1) is 0 Å². The van der Waals surface area contributed by atoms with Crippen LogP contribution >= 0.6 is 0 Å². The van der Waals surface area contributed by atoms with E-state index in [-0.39, 0.29) is 17.3 Å². The van der Waals surface area contributed by atoms with Gasteiger partial charge in [-0.1, -0.05) is 48.5 Å². The predicted octanol–water partition coefficient (Wildman–Crippen LogP) is 3.94. The monoisotopic (exact) mass is 526 g/mol. The van der Waals surface area contributed by atoms with Crippen LogP contribution in [0.15, 0.2) is 96.2 Å². The van der Waals surface area contributed by atoms with E-state index in [9.17, 15) is 13.2 Å². The van der Waals surface area contributed by atoms with Gasteiger partial charge >= 0.3 is 0 Å². The number of aromatic nitrogens is 4. The van der Waals surface area contributed by atoms with Crippen molar-refractivity contribution in [2.24, 2.45) is 0 Å². The van der Waals surface area contributed by atoms with Gasteiger partial charge in [-0.3, -0.25) is 23.7 Å². The second kappa shape index (κ2) is 10.4. The van der Waals surface area contributed by atoms with Crippen molar-refractivity contribution in [3.8, 4) is 0 Å². The van der Waals surface area contributed by atoms with Gasteiger partial charge in [-0.2, -0.15) is 5.10 Å². The molecule has 2 aromatic heterocycles. The second-order valence-electron chi connectivity index (χ2n) is 8.81. The molecule has 3 aromatic carbocycles. The number of hydrogen-bond acceptors (Lipinski definition) is 6. The summed E-state index contributed by atoms with van der Waals surface area (Å²) >= 11 is 0. The smallest absolute Gasteiger partial charge is 0.272 e. The molecule has 0 aliphatic heterocycles. The first-order valence-electron chi connectivity index (χ1n) is 12.0. The average molecular weight is 527 g/mol. The number of carbonyl (C=O) groups is 1. The Balaban J connectivity index is 1.35. The van der Waals surface area contributed by atoms with Gasteiger partial charge in [0.2, 0.25) is 0 Å². The molecule has 0 atom stereocenters.